The standard InChI is InChI=1S/2C20H19O5PS.Pd/c2*1-24-15-9-3-5-11-17(15)26(18-12-6-4-10-16(18)25-2)19-13-7-8-14-20(19)27(21,22)23;/h2*3-14H,1-2H3,(H,21,22,23);/q;;+2/p-2. The molecule has 0 heterocycles. The van der Waals surface area contributed by atoms with Crippen LogP contribution < -0.4 is 50.8 Å². The van der Waals surface area contributed by atoms with Gasteiger partial charge in [0.1, 0.15) is 43.2 Å². The van der Waals surface area contributed by atoms with E-state index >= 15 is 0 Å². The van der Waals surface area contributed by atoms with Gasteiger partial charge in [0.2, 0.25) is 0 Å². The molecule has 0 spiro atoms. The Morgan fingerprint density at radius 3 is 0.782 bits per heavy atom. The van der Waals surface area contributed by atoms with E-state index in [0.29, 0.717) is 33.6 Å². The first kappa shape index (κ1) is 43.6. The fourth-order valence-electron chi connectivity index (χ4n) is 5.74. The Kier molecular flexibility index (Phi) is 15.6. The number of benzene rings is 6. The average Bonchev–Trinajstić information content (AvgIpc) is 3.19. The average molecular weight is 909 g/mol. The zero-order valence-electron chi connectivity index (χ0n) is 30.0. The van der Waals surface area contributed by atoms with Crippen LogP contribution in [-0.4, -0.2) is 54.4 Å². The molecular weight excluding hydrogens is 873 g/mol. The van der Waals surface area contributed by atoms with Gasteiger partial charge in [0.15, 0.2) is 0 Å². The summed E-state index contributed by atoms with van der Waals surface area (Å²) in [6, 6.07) is 42.2. The van der Waals surface area contributed by atoms with Crippen molar-refractivity contribution in [2.75, 3.05) is 28.4 Å². The molecular formula is C40H36O10P2PdS2. The Morgan fingerprint density at radius 1 is 0.364 bits per heavy atom. The van der Waals surface area contributed by atoms with Crippen LogP contribution in [0.1, 0.15) is 0 Å². The summed E-state index contributed by atoms with van der Waals surface area (Å²) in [7, 11) is -5.88. The van der Waals surface area contributed by atoms with Gasteiger partial charge >= 0.3 is 20.4 Å². The van der Waals surface area contributed by atoms with Crippen molar-refractivity contribution < 1.29 is 65.3 Å². The third-order valence-electron chi connectivity index (χ3n) is 8.06. The normalized spacial score (nSPS) is 11.2. The molecule has 0 fully saturated rings. The van der Waals surface area contributed by atoms with Crippen molar-refractivity contribution in [1.29, 1.82) is 0 Å². The van der Waals surface area contributed by atoms with Crippen LogP contribution in [0.5, 0.6) is 23.0 Å². The van der Waals surface area contributed by atoms with Crippen molar-refractivity contribution in [1.82, 2.24) is 0 Å². The van der Waals surface area contributed by atoms with Gasteiger partial charge in [0.05, 0.1) is 38.2 Å². The summed E-state index contributed by atoms with van der Waals surface area (Å²) in [5, 5.41) is 4.09. The molecule has 0 saturated heterocycles. The first-order valence-electron chi connectivity index (χ1n) is 16.2. The Balaban J connectivity index is 0.000000240. The van der Waals surface area contributed by atoms with E-state index in [1.807, 2.05) is 97.1 Å². The fourth-order valence-corrected chi connectivity index (χ4v) is 13.2. The quantitative estimate of drug-likeness (QED) is 0.0959. The number of hydrogen-bond donors (Lipinski definition) is 0. The summed E-state index contributed by atoms with van der Waals surface area (Å²) < 4.78 is 93.6. The van der Waals surface area contributed by atoms with Crippen LogP contribution in [0.15, 0.2) is 155 Å². The Labute approximate surface area is 338 Å². The van der Waals surface area contributed by atoms with E-state index in [9.17, 15) is 25.9 Å². The summed E-state index contributed by atoms with van der Waals surface area (Å²) in [6.07, 6.45) is 0. The number of ether oxygens (including phenoxy) is 4. The first-order valence-corrected chi connectivity index (χ1v) is 21.7. The van der Waals surface area contributed by atoms with Crippen LogP contribution in [0, 0.1) is 0 Å². The molecule has 0 radical (unpaired) electrons. The minimum absolute atomic E-state index is 0. The van der Waals surface area contributed by atoms with Crippen molar-refractivity contribution >= 4 is 67.9 Å². The Hall–Kier alpha value is -4.14. The van der Waals surface area contributed by atoms with E-state index in [4.69, 9.17) is 18.9 Å². The summed E-state index contributed by atoms with van der Waals surface area (Å²) in [5.41, 5.74) is 0. The topological polar surface area (TPSA) is 151 Å². The van der Waals surface area contributed by atoms with Gasteiger partial charge in [-0.25, -0.2) is 16.8 Å². The molecule has 55 heavy (non-hydrogen) atoms. The van der Waals surface area contributed by atoms with Crippen molar-refractivity contribution in [3.63, 3.8) is 0 Å². The summed E-state index contributed by atoms with van der Waals surface area (Å²) in [6.45, 7) is 0. The van der Waals surface area contributed by atoms with E-state index < -0.39 is 36.1 Å². The van der Waals surface area contributed by atoms with Gasteiger partial charge in [0, 0.05) is 31.8 Å². The third-order valence-corrected chi connectivity index (χ3v) is 15.3. The second-order valence-electron chi connectivity index (χ2n) is 11.2. The van der Waals surface area contributed by atoms with Crippen LogP contribution in [0.3, 0.4) is 0 Å². The van der Waals surface area contributed by atoms with Crippen LogP contribution >= 0.6 is 15.8 Å². The largest absolute Gasteiger partial charge is 2.00 e. The van der Waals surface area contributed by atoms with Gasteiger partial charge in [-0.2, -0.15) is 0 Å². The molecule has 0 aliphatic heterocycles. The van der Waals surface area contributed by atoms with Crippen LogP contribution in [-0.2, 0) is 40.7 Å². The van der Waals surface area contributed by atoms with Gasteiger partial charge < -0.3 is 28.1 Å². The molecule has 0 bridgehead atoms. The number of hydrogen-bond acceptors (Lipinski definition) is 10. The molecule has 288 valence electrons. The number of para-hydroxylation sites is 4. The molecule has 6 aromatic rings. The Morgan fingerprint density at radius 2 is 0.564 bits per heavy atom. The third kappa shape index (κ3) is 10.2. The van der Waals surface area contributed by atoms with Gasteiger partial charge in [-0.1, -0.05) is 109 Å². The van der Waals surface area contributed by atoms with Gasteiger partial charge in [-0.15, -0.1) is 0 Å². The minimum atomic E-state index is -4.65. The molecule has 10 nitrogen and oxygen atoms in total. The van der Waals surface area contributed by atoms with E-state index in [1.54, 1.807) is 64.8 Å². The smallest absolute Gasteiger partial charge is 0.744 e. The molecule has 0 aromatic heterocycles. The van der Waals surface area contributed by atoms with Crippen molar-refractivity contribution in [3.8, 4) is 23.0 Å². The number of rotatable bonds is 12. The second kappa shape index (κ2) is 19.6. The summed E-state index contributed by atoms with van der Waals surface area (Å²) in [4.78, 5) is -0.458. The van der Waals surface area contributed by atoms with E-state index in [-0.39, 0.29) is 30.2 Å². The molecule has 0 amide bonds. The minimum Gasteiger partial charge on any atom is -0.744 e. The molecule has 15 heteroatoms. The maximum Gasteiger partial charge on any atom is 2.00 e. The summed E-state index contributed by atoms with van der Waals surface area (Å²) in [5.74, 6) is 2.47. The monoisotopic (exact) mass is 908 g/mol. The summed E-state index contributed by atoms with van der Waals surface area (Å²) >= 11 is 0. The van der Waals surface area contributed by atoms with Gasteiger partial charge in [-0.05, 0) is 52.2 Å². The van der Waals surface area contributed by atoms with Gasteiger partial charge in [0.25, 0.3) is 0 Å². The van der Waals surface area contributed by atoms with Crippen LogP contribution in [0.25, 0.3) is 0 Å². The zero-order valence-corrected chi connectivity index (χ0v) is 34.9. The molecule has 0 unspecified atom stereocenters. The predicted octanol–water partition coefficient (Wildman–Crippen LogP) is 4.73. The molecule has 6 aromatic carbocycles. The predicted molar refractivity (Wildman–Crippen MR) is 212 cm³/mol. The van der Waals surface area contributed by atoms with E-state index in [0.717, 1.165) is 21.2 Å². The van der Waals surface area contributed by atoms with Crippen molar-refractivity contribution in [2.24, 2.45) is 0 Å². The van der Waals surface area contributed by atoms with Crippen LogP contribution in [0.2, 0.25) is 0 Å². The zero-order chi connectivity index (χ0) is 38.9. The van der Waals surface area contributed by atoms with Crippen molar-refractivity contribution in [2.45, 2.75) is 9.79 Å². The number of methoxy groups -OCH3 is 4. The van der Waals surface area contributed by atoms with E-state index in [2.05, 4.69) is 0 Å². The second-order valence-corrected chi connectivity index (χ2v) is 18.1. The SMILES string of the molecule is COc1ccccc1P(c1ccccc1OC)c1ccccc1S(=O)(=O)[O-].COc1ccccc1P(c1ccccc1OC)c1ccccc1S(=O)(=O)[O-].[Pd+2]. The molecule has 0 atom stereocenters. The maximum atomic E-state index is 11.9. The van der Waals surface area contributed by atoms with E-state index in [1.165, 1.54) is 12.1 Å². The molecule has 0 saturated carbocycles. The molecule has 0 aliphatic carbocycles. The molecule has 0 N–H and O–H groups in total. The molecule has 0 aliphatic rings. The van der Waals surface area contributed by atoms with Crippen LogP contribution in [0.4, 0.5) is 0 Å². The fraction of sp³-hybridized carbons (Fsp3) is 0.100. The first-order chi connectivity index (χ1) is 25.9. The molecule has 6 rings (SSSR count). The maximum absolute atomic E-state index is 11.9. The Bertz CT molecular complexity index is 2180. The van der Waals surface area contributed by atoms with Gasteiger partial charge in [-0.3, -0.25) is 0 Å². The van der Waals surface area contributed by atoms with Crippen molar-refractivity contribution in [3.05, 3.63) is 146 Å².